The van der Waals surface area contributed by atoms with Crippen LogP contribution in [-0.2, 0) is 11.2 Å². The van der Waals surface area contributed by atoms with E-state index in [4.69, 9.17) is 4.74 Å². The monoisotopic (exact) mass is 369 g/mol. The molecule has 0 atom stereocenters. The summed E-state index contributed by atoms with van der Waals surface area (Å²) in [5.41, 5.74) is 2.13. The smallest absolute Gasteiger partial charge is 0.224 e. The van der Waals surface area contributed by atoms with E-state index >= 15 is 0 Å². The summed E-state index contributed by atoms with van der Waals surface area (Å²) in [6, 6.07) is 10.1. The summed E-state index contributed by atoms with van der Waals surface area (Å²) in [5, 5.41) is 3.32. The lowest BCUT2D eigenvalue weighted by Gasteiger charge is -2.35. The first-order valence-corrected chi connectivity index (χ1v) is 9.28. The Bertz CT molecular complexity index is 788. The number of methoxy groups -OCH3 is 1. The second-order valence-corrected chi connectivity index (χ2v) is 6.71. The Kier molecular flexibility index (Phi) is 6.11. The quantitative estimate of drug-likeness (QED) is 0.841. The predicted octanol–water partition coefficient (Wildman–Crippen LogP) is 2.12. The van der Waals surface area contributed by atoms with Crippen molar-refractivity contribution in [1.82, 2.24) is 14.9 Å². The number of carbonyl (C=O) groups excluding carboxylic acids is 1. The van der Waals surface area contributed by atoms with Gasteiger partial charge in [0.1, 0.15) is 11.6 Å². The fourth-order valence-corrected chi connectivity index (χ4v) is 3.19. The summed E-state index contributed by atoms with van der Waals surface area (Å²) < 4.78 is 5.27. The molecule has 7 heteroatoms. The Labute approximate surface area is 160 Å². The van der Waals surface area contributed by atoms with Gasteiger partial charge in [-0.15, -0.1) is 0 Å². The second kappa shape index (κ2) is 8.70. The van der Waals surface area contributed by atoms with E-state index in [1.807, 2.05) is 36.1 Å². The Morgan fingerprint density at radius 3 is 2.67 bits per heavy atom. The SMILES string of the molecule is COc1cccc(CCNc2nc(C)cc(N3CCN(C(C)=O)CC3)n2)c1. The molecular weight excluding hydrogens is 342 g/mol. The molecule has 1 saturated heterocycles. The lowest BCUT2D eigenvalue weighted by atomic mass is 10.1. The molecule has 0 bridgehead atoms. The molecule has 1 aliphatic heterocycles. The average Bonchev–Trinajstić information content (AvgIpc) is 2.68. The van der Waals surface area contributed by atoms with Crippen molar-refractivity contribution in [2.75, 3.05) is 50.1 Å². The van der Waals surface area contributed by atoms with Crippen molar-refractivity contribution < 1.29 is 9.53 Å². The van der Waals surface area contributed by atoms with Gasteiger partial charge in [0.2, 0.25) is 11.9 Å². The molecule has 0 radical (unpaired) electrons. The van der Waals surface area contributed by atoms with Crippen LogP contribution in [0.2, 0.25) is 0 Å². The fourth-order valence-electron chi connectivity index (χ4n) is 3.19. The Morgan fingerprint density at radius 1 is 1.19 bits per heavy atom. The molecule has 1 fully saturated rings. The third-order valence-electron chi connectivity index (χ3n) is 4.72. The molecule has 2 aromatic rings. The zero-order chi connectivity index (χ0) is 19.2. The van der Waals surface area contributed by atoms with Crippen LogP contribution in [0.3, 0.4) is 0 Å². The highest BCUT2D eigenvalue weighted by Gasteiger charge is 2.20. The fraction of sp³-hybridized carbons (Fsp3) is 0.450. The van der Waals surface area contributed by atoms with Crippen LogP contribution in [0.1, 0.15) is 18.2 Å². The van der Waals surface area contributed by atoms with Crippen molar-refractivity contribution in [3.8, 4) is 5.75 Å². The molecule has 7 nitrogen and oxygen atoms in total. The zero-order valence-electron chi connectivity index (χ0n) is 16.2. The maximum Gasteiger partial charge on any atom is 0.224 e. The van der Waals surface area contributed by atoms with Gasteiger partial charge in [-0.25, -0.2) is 4.98 Å². The van der Waals surface area contributed by atoms with Crippen molar-refractivity contribution in [3.63, 3.8) is 0 Å². The van der Waals surface area contributed by atoms with Crippen molar-refractivity contribution in [1.29, 1.82) is 0 Å². The van der Waals surface area contributed by atoms with Crippen LogP contribution in [0, 0.1) is 6.92 Å². The molecule has 0 saturated carbocycles. The summed E-state index contributed by atoms with van der Waals surface area (Å²) in [6.45, 7) is 7.39. The average molecular weight is 369 g/mol. The minimum atomic E-state index is 0.133. The summed E-state index contributed by atoms with van der Waals surface area (Å²) >= 11 is 0. The number of nitrogens with zero attached hydrogens (tertiary/aromatic N) is 4. The highest BCUT2D eigenvalue weighted by molar-refractivity contribution is 5.73. The largest absolute Gasteiger partial charge is 0.497 e. The van der Waals surface area contributed by atoms with Gasteiger partial charge in [-0.3, -0.25) is 4.79 Å². The summed E-state index contributed by atoms with van der Waals surface area (Å²) in [7, 11) is 1.68. The zero-order valence-corrected chi connectivity index (χ0v) is 16.2. The predicted molar refractivity (Wildman–Crippen MR) is 106 cm³/mol. The van der Waals surface area contributed by atoms with Gasteiger partial charge in [0, 0.05) is 51.4 Å². The van der Waals surface area contributed by atoms with Crippen molar-refractivity contribution >= 4 is 17.7 Å². The van der Waals surface area contributed by atoms with Crippen LogP contribution in [-0.4, -0.2) is 60.6 Å². The molecule has 1 aliphatic rings. The van der Waals surface area contributed by atoms with Gasteiger partial charge in [0.05, 0.1) is 7.11 Å². The Morgan fingerprint density at radius 2 is 1.96 bits per heavy atom. The molecule has 1 amide bonds. The maximum atomic E-state index is 11.5. The highest BCUT2D eigenvalue weighted by Crippen LogP contribution is 2.17. The normalized spacial score (nSPS) is 14.2. The summed E-state index contributed by atoms with van der Waals surface area (Å²) in [4.78, 5) is 24.7. The summed E-state index contributed by atoms with van der Waals surface area (Å²) in [5.74, 6) is 2.55. The van der Waals surface area contributed by atoms with Gasteiger partial charge in [0.25, 0.3) is 0 Å². The number of ether oxygens (including phenoxy) is 1. The van der Waals surface area contributed by atoms with Gasteiger partial charge >= 0.3 is 0 Å². The molecule has 0 unspecified atom stereocenters. The minimum absolute atomic E-state index is 0.133. The van der Waals surface area contributed by atoms with Crippen LogP contribution >= 0.6 is 0 Å². The molecule has 0 spiro atoms. The van der Waals surface area contributed by atoms with Crippen molar-refractivity contribution in [2.45, 2.75) is 20.3 Å². The highest BCUT2D eigenvalue weighted by atomic mass is 16.5. The van der Waals surface area contributed by atoms with Crippen LogP contribution in [0.25, 0.3) is 0 Å². The van der Waals surface area contributed by atoms with E-state index in [1.54, 1.807) is 14.0 Å². The number of piperazine rings is 1. The molecule has 1 aromatic heterocycles. The number of rotatable bonds is 6. The Balaban J connectivity index is 1.59. The number of aryl methyl sites for hydroxylation is 1. The van der Waals surface area contributed by atoms with Gasteiger partial charge in [-0.05, 0) is 31.0 Å². The molecule has 1 N–H and O–H groups in total. The summed E-state index contributed by atoms with van der Waals surface area (Å²) in [6.07, 6.45) is 0.862. The van der Waals surface area contributed by atoms with Gasteiger partial charge < -0.3 is 19.9 Å². The van der Waals surface area contributed by atoms with E-state index in [0.717, 1.165) is 56.4 Å². The minimum Gasteiger partial charge on any atom is -0.497 e. The molecule has 2 heterocycles. The molecule has 1 aromatic carbocycles. The van der Waals surface area contributed by atoms with Crippen LogP contribution < -0.4 is 15.0 Å². The van der Waals surface area contributed by atoms with Crippen LogP contribution in [0.15, 0.2) is 30.3 Å². The third kappa shape index (κ3) is 5.09. The van der Waals surface area contributed by atoms with E-state index in [9.17, 15) is 4.79 Å². The lowest BCUT2D eigenvalue weighted by Crippen LogP contribution is -2.48. The molecule has 27 heavy (non-hydrogen) atoms. The van der Waals surface area contributed by atoms with Gasteiger partial charge in [-0.2, -0.15) is 4.98 Å². The van der Waals surface area contributed by atoms with Crippen LogP contribution in [0.5, 0.6) is 5.75 Å². The van der Waals surface area contributed by atoms with E-state index < -0.39 is 0 Å². The number of benzene rings is 1. The topological polar surface area (TPSA) is 70.6 Å². The first-order valence-electron chi connectivity index (χ1n) is 9.28. The second-order valence-electron chi connectivity index (χ2n) is 6.71. The molecule has 3 rings (SSSR count). The number of anilines is 2. The molecule has 0 aliphatic carbocycles. The molecule has 144 valence electrons. The first-order chi connectivity index (χ1) is 13.0. The van der Waals surface area contributed by atoms with E-state index in [0.29, 0.717) is 5.95 Å². The number of nitrogens with one attached hydrogen (secondary N) is 1. The number of aromatic nitrogens is 2. The Hall–Kier alpha value is -2.83. The van der Waals surface area contributed by atoms with Crippen molar-refractivity contribution in [3.05, 3.63) is 41.6 Å². The van der Waals surface area contributed by atoms with Gasteiger partial charge in [-0.1, -0.05) is 12.1 Å². The van der Waals surface area contributed by atoms with Crippen LogP contribution in [0.4, 0.5) is 11.8 Å². The molecular formula is C20H27N5O2. The van der Waals surface area contributed by atoms with E-state index in [1.165, 1.54) is 5.56 Å². The number of carbonyl (C=O) groups is 1. The van der Waals surface area contributed by atoms with Gasteiger partial charge in [0.15, 0.2) is 0 Å². The third-order valence-corrected chi connectivity index (χ3v) is 4.72. The van der Waals surface area contributed by atoms with Crippen molar-refractivity contribution in [2.24, 2.45) is 0 Å². The number of hydrogen-bond acceptors (Lipinski definition) is 6. The maximum absolute atomic E-state index is 11.5. The number of hydrogen-bond donors (Lipinski definition) is 1. The number of amides is 1. The van der Waals surface area contributed by atoms with E-state index in [2.05, 4.69) is 26.3 Å². The lowest BCUT2D eigenvalue weighted by molar-refractivity contribution is -0.129. The standard InChI is InChI=1S/C20H27N5O2/c1-15-13-19(25-11-9-24(10-12-25)16(2)26)23-20(22-15)21-8-7-17-5-4-6-18(14-17)27-3/h4-6,13-14H,7-12H2,1-3H3,(H,21,22,23). The van der Waals surface area contributed by atoms with E-state index in [-0.39, 0.29) is 5.91 Å². The first kappa shape index (κ1) is 18.9.